The van der Waals surface area contributed by atoms with E-state index in [1.807, 2.05) is 6.92 Å². The number of urea groups is 1. The maximum Gasteiger partial charge on any atom is 0.326 e. The molecule has 1 N–H and O–H groups in total. The molecule has 1 atom stereocenters. The maximum atomic E-state index is 12.8. The average Bonchev–Trinajstić information content (AvgIpc) is 2.82. The van der Waals surface area contributed by atoms with Gasteiger partial charge in [0.15, 0.2) is 12.4 Å². The molecule has 1 aromatic rings. The number of nitrogens with one attached hydrogen (secondary N) is 1. The summed E-state index contributed by atoms with van der Waals surface area (Å²) < 4.78 is 17.7. The minimum absolute atomic E-state index is 0.196. The number of carbonyl (C=O) groups excluding carboxylic acids is 4. The normalized spacial score (nSPS) is 19.4. The fourth-order valence-corrected chi connectivity index (χ4v) is 2.63. The number of unbranched alkanes of at least 4 members (excludes halogenated alkanes) is 1. The van der Waals surface area contributed by atoms with Crippen LogP contribution < -0.4 is 5.32 Å². The lowest BCUT2D eigenvalue weighted by atomic mass is 9.95. The molecule has 0 saturated carbocycles. The zero-order valence-electron chi connectivity index (χ0n) is 14.7. The third-order valence-corrected chi connectivity index (χ3v) is 4.19. The number of esters is 1. The molecule has 0 aromatic heterocycles. The molecular formula is C18H21FN2O5. The fraction of sp³-hybridized carbons (Fsp3) is 0.444. The van der Waals surface area contributed by atoms with E-state index in [4.69, 9.17) is 4.74 Å². The quantitative estimate of drug-likeness (QED) is 0.433. The van der Waals surface area contributed by atoms with Crippen LogP contribution in [-0.2, 0) is 14.3 Å². The van der Waals surface area contributed by atoms with Crippen LogP contribution in [0.4, 0.5) is 9.18 Å². The van der Waals surface area contributed by atoms with Gasteiger partial charge in [-0.15, -0.1) is 0 Å². The van der Waals surface area contributed by atoms with Crippen molar-refractivity contribution in [2.75, 3.05) is 13.2 Å². The van der Waals surface area contributed by atoms with Crippen molar-refractivity contribution < 1.29 is 28.3 Å². The zero-order chi connectivity index (χ0) is 19.3. The molecule has 2 rings (SSSR count). The van der Waals surface area contributed by atoms with Crippen molar-refractivity contribution in [1.29, 1.82) is 0 Å². The van der Waals surface area contributed by atoms with E-state index in [-0.39, 0.29) is 5.56 Å². The van der Waals surface area contributed by atoms with E-state index < -0.39 is 48.2 Å². The Morgan fingerprint density at radius 2 is 1.88 bits per heavy atom. The predicted molar refractivity (Wildman–Crippen MR) is 89.9 cm³/mol. The van der Waals surface area contributed by atoms with Gasteiger partial charge < -0.3 is 10.1 Å². The Hall–Kier alpha value is -2.77. The second-order valence-corrected chi connectivity index (χ2v) is 6.35. The Balaban J connectivity index is 1.89. The fourth-order valence-electron chi connectivity index (χ4n) is 2.63. The first-order chi connectivity index (χ1) is 12.3. The van der Waals surface area contributed by atoms with Gasteiger partial charge in [-0.2, -0.15) is 0 Å². The van der Waals surface area contributed by atoms with E-state index >= 15 is 0 Å². The Morgan fingerprint density at radius 1 is 1.23 bits per heavy atom. The number of rotatable bonds is 8. The van der Waals surface area contributed by atoms with Gasteiger partial charge in [-0.25, -0.2) is 9.18 Å². The molecule has 0 spiro atoms. The summed E-state index contributed by atoms with van der Waals surface area (Å²) in [5.41, 5.74) is -0.835. The molecule has 1 aliphatic heterocycles. The molecule has 0 aliphatic carbocycles. The molecule has 1 fully saturated rings. The van der Waals surface area contributed by atoms with E-state index in [0.717, 1.165) is 29.9 Å². The molecule has 3 amide bonds. The van der Waals surface area contributed by atoms with Crippen LogP contribution in [-0.4, -0.2) is 47.3 Å². The summed E-state index contributed by atoms with van der Waals surface area (Å²) in [6.45, 7) is 2.47. The second-order valence-electron chi connectivity index (χ2n) is 6.35. The molecule has 0 bridgehead atoms. The number of imide groups is 1. The third-order valence-electron chi connectivity index (χ3n) is 4.19. The van der Waals surface area contributed by atoms with Crippen LogP contribution >= 0.6 is 0 Å². The van der Waals surface area contributed by atoms with Crippen molar-refractivity contribution >= 4 is 23.7 Å². The summed E-state index contributed by atoms with van der Waals surface area (Å²) in [6, 6.07) is 4.15. The highest BCUT2D eigenvalue weighted by Crippen LogP contribution is 2.23. The number of carbonyl (C=O) groups is 4. The molecule has 7 nitrogen and oxygen atoms in total. The molecule has 1 aromatic carbocycles. The van der Waals surface area contributed by atoms with E-state index in [9.17, 15) is 23.6 Å². The van der Waals surface area contributed by atoms with Gasteiger partial charge in [0.25, 0.3) is 5.91 Å². The number of benzene rings is 1. The summed E-state index contributed by atoms with van der Waals surface area (Å²) in [6.07, 6.45) is 2.10. The first-order valence-electron chi connectivity index (χ1n) is 8.35. The van der Waals surface area contributed by atoms with Gasteiger partial charge in [-0.1, -0.05) is 19.8 Å². The molecule has 8 heteroatoms. The molecular weight excluding hydrogens is 343 g/mol. The monoisotopic (exact) mass is 364 g/mol. The van der Waals surface area contributed by atoms with E-state index in [1.54, 1.807) is 6.92 Å². The largest absolute Gasteiger partial charge is 0.456 e. The van der Waals surface area contributed by atoms with Crippen molar-refractivity contribution in [3.05, 3.63) is 35.6 Å². The zero-order valence-corrected chi connectivity index (χ0v) is 14.7. The topological polar surface area (TPSA) is 92.8 Å². The lowest BCUT2D eigenvalue weighted by Gasteiger charge is -2.21. The van der Waals surface area contributed by atoms with E-state index in [0.29, 0.717) is 6.42 Å². The van der Waals surface area contributed by atoms with Gasteiger partial charge in [-0.05, 0) is 37.6 Å². The summed E-state index contributed by atoms with van der Waals surface area (Å²) in [4.78, 5) is 49.0. The number of amides is 3. The van der Waals surface area contributed by atoms with Crippen LogP contribution in [0, 0.1) is 5.82 Å². The van der Waals surface area contributed by atoms with Gasteiger partial charge in [-0.3, -0.25) is 19.3 Å². The third kappa shape index (κ3) is 4.44. The highest BCUT2D eigenvalue weighted by Gasteiger charge is 2.47. The molecule has 140 valence electrons. The standard InChI is InChI=1S/C18H21FN2O5/c1-3-4-9-18(2)16(24)21(17(25)20-18)10-15(23)26-11-14(22)12-5-7-13(19)8-6-12/h5-8H,3-4,9-11H2,1-2H3,(H,20,25)/t18-/m1/s1. The van der Waals surface area contributed by atoms with Crippen LogP contribution in [0.25, 0.3) is 0 Å². The lowest BCUT2D eigenvalue weighted by molar-refractivity contribution is -0.146. The number of halogens is 1. The highest BCUT2D eigenvalue weighted by molar-refractivity contribution is 6.08. The number of nitrogens with zero attached hydrogens (tertiary/aromatic N) is 1. The van der Waals surface area contributed by atoms with E-state index in [1.165, 1.54) is 12.1 Å². The summed E-state index contributed by atoms with van der Waals surface area (Å²) in [7, 11) is 0. The minimum Gasteiger partial charge on any atom is -0.456 e. The molecule has 1 aliphatic rings. The van der Waals surface area contributed by atoms with Crippen molar-refractivity contribution in [3.8, 4) is 0 Å². The van der Waals surface area contributed by atoms with Crippen LogP contribution in [0.1, 0.15) is 43.5 Å². The smallest absolute Gasteiger partial charge is 0.326 e. The number of hydrogen-bond acceptors (Lipinski definition) is 5. The predicted octanol–water partition coefficient (Wildman–Crippen LogP) is 2.05. The second kappa shape index (κ2) is 8.07. The minimum atomic E-state index is -1.03. The first-order valence-corrected chi connectivity index (χ1v) is 8.35. The molecule has 0 radical (unpaired) electrons. The number of hydrogen-bond donors (Lipinski definition) is 1. The van der Waals surface area contributed by atoms with Crippen molar-refractivity contribution in [1.82, 2.24) is 10.2 Å². The summed E-state index contributed by atoms with van der Waals surface area (Å²) in [5.74, 6) is -2.35. The van der Waals surface area contributed by atoms with Crippen LogP contribution in [0.15, 0.2) is 24.3 Å². The van der Waals surface area contributed by atoms with Crippen molar-refractivity contribution in [3.63, 3.8) is 0 Å². The molecule has 1 saturated heterocycles. The number of Topliss-reactive ketones (excluding diaryl/α,β-unsaturated/α-hetero) is 1. The number of ketones is 1. The molecule has 1 heterocycles. The lowest BCUT2D eigenvalue weighted by Crippen LogP contribution is -2.44. The summed E-state index contributed by atoms with van der Waals surface area (Å²) in [5, 5.41) is 2.59. The van der Waals surface area contributed by atoms with E-state index in [2.05, 4.69) is 5.32 Å². The van der Waals surface area contributed by atoms with Gasteiger partial charge >= 0.3 is 12.0 Å². The van der Waals surface area contributed by atoms with Gasteiger partial charge in [0, 0.05) is 5.56 Å². The Bertz CT molecular complexity index is 719. The molecule has 0 unspecified atom stereocenters. The molecule has 26 heavy (non-hydrogen) atoms. The highest BCUT2D eigenvalue weighted by atomic mass is 19.1. The Kier molecular flexibility index (Phi) is 6.07. The summed E-state index contributed by atoms with van der Waals surface area (Å²) >= 11 is 0. The average molecular weight is 364 g/mol. The first kappa shape index (κ1) is 19.6. The van der Waals surface area contributed by atoms with Crippen LogP contribution in [0.2, 0.25) is 0 Å². The van der Waals surface area contributed by atoms with Crippen LogP contribution in [0.3, 0.4) is 0 Å². The van der Waals surface area contributed by atoms with Crippen molar-refractivity contribution in [2.24, 2.45) is 0 Å². The maximum absolute atomic E-state index is 12.8. The van der Waals surface area contributed by atoms with Gasteiger partial charge in [0.1, 0.15) is 17.9 Å². The van der Waals surface area contributed by atoms with Gasteiger partial charge in [0.2, 0.25) is 0 Å². The Labute approximate surface area is 150 Å². The van der Waals surface area contributed by atoms with Gasteiger partial charge in [0.05, 0.1) is 0 Å². The number of ether oxygens (including phenoxy) is 1. The van der Waals surface area contributed by atoms with Crippen molar-refractivity contribution in [2.45, 2.75) is 38.6 Å². The SMILES string of the molecule is CCCC[C@@]1(C)NC(=O)N(CC(=O)OCC(=O)c2ccc(F)cc2)C1=O. The Morgan fingerprint density at radius 3 is 2.50 bits per heavy atom. The van der Waals surface area contributed by atoms with Crippen LogP contribution in [0.5, 0.6) is 0 Å².